The van der Waals surface area contributed by atoms with Crippen LogP contribution in [0.4, 0.5) is 13.2 Å². The van der Waals surface area contributed by atoms with E-state index in [-0.39, 0.29) is 10.6 Å². The topological polar surface area (TPSA) is 54.5 Å². The molecule has 0 aliphatic carbocycles. The second kappa shape index (κ2) is 6.90. The average molecular weight is 349 g/mol. The standard InChI is InChI=1S/C15H18F3NO3S/c16-15(17,18)9-8-14(20)19-10-4-5-12(19)11-23(21,22)13-6-2-1-3-7-13/h1-3,6-7,12H,4-5,8-11H2. The van der Waals surface area contributed by atoms with E-state index in [4.69, 9.17) is 0 Å². The lowest BCUT2D eigenvalue weighted by molar-refractivity contribution is -0.149. The SMILES string of the molecule is O=C(CCC(F)(F)F)N1CCCC1CS(=O)(=O)c1ccccc1. The minimum atomic E-state index is -4.39. The van der Waals surface area contributed by atoms with E-state index >= 15 is 0 Å². The van der Waals surface area contributed by atoms with E-state index in [0.29, 0.717) is 19.4 Å². The Kier molecular flexibility index (Phi) is 5.33. The third kappa shape index (κ3) is 4.95. The Bertz CT molecular complexity index is 644. The summed E-state index contributed by atoms with van der Waals surface area (Å²) in [6, 6.07) is 7.30. The summed E-state index contributed by atoms with van der Waals surface area (Å²) in [5.74, 6) is -0.887. The predicted octanol–water partition coefficient (Wildman–Crippen LogP) is 2.79. The number of halogens is 3. The van der Waals surface area contributed by atoms with Gasteiger partial charge in [-0.05, 0) is 25.0 Å². The van der Waals surface area contributed by atoms with Crippen LogP contribution in [0.25, 0.3) is 0 Å². The molecule has 1 aromatic rings. The number of amides is 1. The van der Waals surface area contributed by atoms with E-state index in [9.17, 15) is 26.4 Å². The maximum absolute atomic E-state index is 12.4. The van der Waals surface area contributed by atoms with Crippen molar-refractivity contribution in [2.75, 3.05) is 12.3 Å². The Morgan fingerprint density at radius 2 is 1.87 bits per heavy atom. The molecular weight excluding hydrogens is 331 g/mol. The monoisotopic (exact) mass is 349 g/mol. The van der Waals surface area contributed by atoms with E-state index in [0.717, 1.165) is 0 Å². The summed E-state index contributed by atoms with van der Waals surface area (Å²) in [7, 11) is -3.57. The Morgan fingerprint density at radius 1 is 1.22 bits per heavy atom. The molecule has 0 aromatic heterocycles. The number of alkyl halides is 3. The van der Waals surface area contributed by atoms with Gasteiger partial charge in [0.25, 0.3) is 0 Å². The lowest BCUT2D eigenvalue weighted by atomic mass is 10.2. The van der Waals surface area contributed by atoms with Gasteiger partial charge in [-0.3, -0.25) is 4.79 Å². The van der Waals surface area contributed by atoms with E-state index in [1.807, 2.05) is 0 Å². The maximum Gasteiger partial charge on any atom is 0.389 e. The minimum Gasteiger partial charge on any atom is -0.339 e. The molecule has 1 aromatic carbocycles. The molecule has 0 spiro atoms. The van der Waals surface area contributed by atoms with Crippen LogP contribution in [-0.2, 0) is 14.6 Å². The number of hydrogen-bond donors (Lipinski definition) is 0. The molecule has 1 saturated heterocycles. The zero-order valence-electron chi connectivity index (χ0n) is 12.4. The summed E-state index contributed by atoms with van der Waals surface area (Å²) in [6.07, 6.45) is -5.11. The van der Waals surface area contributed by atoms with E-state index in [2.05, 4.69) is 0 Å². The third-order valence-corrected chi connectivity index (χ3v) is 5.65. The summed E-state index contributed by atoms with van der Waals surface area (Å²) >= 11 is 0. The smallest absolute Gasteiger partial charge is 0.339 e. The highest BCUT2D eigenvalue weighted by Crippen LogP contribution is 2.26. The van der Waals surface area contributed by atoms with Crippen LogP contribution in [0, 0.1) is 0 Å². The fourth-order valence-corrected chi connectivity index (χ4v) is 4.32. The molecule has 0 radical (unpaired) electrons. The summed E-state index contributed by atoms with van der Waals surface area (Å²) in [4.78, 5) is 13.4. The summed E-state index contributed by atoms with van der Waals surface area (Å²) in [5.41, 5.74) is 0. The van der Waals surface area contributed by atoms with E-state index < -0.39 is 40.8 Å². The van der Waals surface area contributed by atoms with Crippen LogP contribution in [0.1, 0.15) is 25.7 Å². The van der Waals surface area contributed by atoms with Gasteiger partial charge >= 0.3 is 6.18 Å². The maximum atomic E-state index is 12.4. The van der Waals surface area contributed by atoms with Crippen molar-refractivity contribution in [1.82, 2.24) is 4.90 Å². The fourth-order valence-electron chi connectivity index (χ4n) is 2.71. The highest BCUT2D eigenvalue weighted by molar-refractivity contribution is 7.91. The predicted molar refractivity (Wildman–Crippen MR) is 78.5 cm³/mol. The number of hydrogen-bond acceptors (Lipinski definition) is 3. The van der Waals surface area contributed by atoms with Crippen molar-refractivity contribution in [3.8, 4) is 0 Å². The number of rotatable bonds is 5. The largest absolute Gasteiger partial charge is 0.389 e. The molecule has 1 heterocycles. The van der Waals surface area contributed by atoms with Crippen molar-refractivity contribution in [2.24, 2.45) is 0 Å². The van der Waals surface area contributed by atoms with Crippen LogP contribution in [0.3, 0.4) is 0 Å². The quantitative estimate of drug-likeness (QED) is 0.821. The van der Waals surface area contributed by atoms with Gasteiger partial charge in [-0.15, -0.1) is 0 Å². The van der Waals surface area contributed by atoms with Crippen molar-refractivity contribution in [2.45, 2.75) is 42.8 Å². The van der Waals surface area contributed by atoms with Crippen LogP contribution >= 0.6 is 0 Å². The fraction of sp³-hybridized carbons (Fsp3) is 0.533. The first kappa shape index (κ1) is 17.8. The van der Waals surface area contributed by atoms with Crippen molar-refractivity contribution in [3.63, 3.8) is 0 Å². The molecule has 1 aliphatic heterocycles. The highest BCUT2D eigenvalue weighted by atomic mass is 32.2. The summed E-state index contributed by atoms with van der Waals surface area (Å²) < 4.78 is 61.4. The summed E-state index contributed by atoms with van der Waals surface area (Å²) in [5, 5.41) is 0. The van der Waals surface area contributed by atoms with E-state index in [1.54, 1.807) is 18.2 Å². The first-order valence-corrected chi connectivity index (χ1v) is 8.98. The first-order valence-electron chi connectivity index (χ1n) is 7.33. The van der Waals surface area contributed by atoms with Crippen molar-refractivity contribution < 1.29 is 26.4 Å². The second-order valence-electron chi connectivity index (χ2n) is 5.59. The molecule has 1 amide bonds. The lowest BCUT2D eigenvalue weighted by Crippen LogP contribution is -2.40. The molecule has 1 aliphatic rings. The molecule has 8 heteroatoms. The van der Waals surface area contributed by atoms with Crippen molar-refractivity contribution >= 4 is 15.7 Å². The number of carbonyl (C=O) groups excluding carboxylic acids is 1. The molecule has 1 unspecified atom stereocenters. The molecule has 0 saturated carbocycles. The molecule has 1 fully saturated rings. The zero-order valence-corrected chi connectivity index (χ0v) is 13.2. The van der Waals surface area contributed by atoms with Crippen molar-refractivity contribution in [1.29, 1.82) is 0 Å². The van der Waals surface area contributed by atoms with Crippen LogP contribution in [-0.4, -0.2) is 43.7 Å². The highest BCUT2D eigenvalue weighted by Gasteiger charge is 2.35. The van der Waals surface area contributed by atoms with Gasteiger partial charge in [0.15, 0.2) is 9.84 Å². The third-order valence-electron chi connectivity index (χ3n) is 3.83. The second-order valence-corrected chi connectivity index (χ2v) is 7.63. The van der Waals surface area contributed by atoms with Gasteiger partial charge in [0.2, 0.25) is 5.91 Å². The van der Waals surface area contributed by atoms with Gasteiger partial charge in [-0.25, -0.2) is 8.42 Å². The molecule has 1 atom stereocenters. The molecule has 0 bridgehead atoms. The Balaban J connectivity index is 2.03. The number of carbonyl (C=O) groups is 1. The minimum absolute atomic E-state index is 0.162. The van der Waals surface area contributed by atoms with Crippen LogP contribution in [0.15, 0.2) is 35.2 Å². The lowest BCUT2D eigenvalue weighted by Gasteiger charge is -2.25. The molecular formula is C15H18F3NO3S. The normalized spacial score (nSPS) is 19.1. The van der Waals surface area contributed by atoms with Gasteiger partial charge in [0.1, 0.15) is 0 Å². The molecule has 0 N–H and O–H groups in total. The molecule has 2 rings (SSSR count). The van der Waals surface area contributed by atoms with Gasteiger partial charge < -0.3 is 4.90 Å². The average Bonchev–Trinajstić information content (AvgIpc) is 2.92. The van der Waals surface area contributed by atoms with Crippen LogP contribution in [0.2, 0.25) is 0 Å². The Morgan fingerprint density at radius 3 is 2.48 bits per heavy atom. The number of nitrogens with zero attached hydrogens (tertiary/aromatic N) is 1. The van der Waals surface area contributed by atoms with Gasteiger partial charge in [-0.2, -0.15) is 13.2 Å². The Labute approximate surface area is 133 Å². The Hall–Kier alpha value is -1.57. The number of sulfone groups is 1. The van der Waals surface area contributed by atoms with Gasteiger partial charge in [0, 0.05) is 19.0 Å². The van der Waals surface area contributed by atoms with Gasteiger partial charge in [-0.1, -0.05) is 18.2 Å². The van der Waals surface area contributed by atoms with Gasteiger partial charge in [0.05, 0.1) is 17.1 Å². The van der Waals surface area contributed by atoms with Crippen LogP contribution in [0.5, 0.6) is 0 Å². The molecule has 4 nitrogen and oxygen atoms in total. The number of benzene rings is 1. The zero-order chi connectivity index (χ0) is 17.1. The molecule has 128 valence electrons. The molecule has 23 heavy (non-hydrogen) atoms. The van der Waals surface area contributed by atoms with Crippen LogP contribution < -0.4 is 0 Å². The first-order chi connectivity index (χ1) is 10.7. The van der Waals surface area contributed by atoms with Crippen molar-refractivity contribution in [3.05, 3.63) is 30.3 Å². The van der Waals surface area contributed by atoms with E-state index in [1.165, 1.54) is 17.0 Å². The number of likely N-dealkylation sites (tertiary alicyclic amines) is 1. The summed E-state index contributed by atoms with van der Waals surface area (Å²) in [6.45, 7) is 0.311.